The van der Waals surface area contributed by atoms with Gasteiger partial charge in [0.15, 0.2) is 0 Å². The Labute approximate surface area is 172 Å². The van der Waals surface area contributed by atoms with Gasteiger partial charge in [0.2, 0.25) is 0 Å². The normalized spacial score (nSPS) is 54.8. The van der Waals surface area contributed by atoms with Gasteiger partial charge in [0.05, 0.1) is 0 Å². The van der Waals surface area contributed by atoms with Crippen molar-refractivity contribution in [3.8, 4) is 11.5 Å². The van der Waals surface area contributed by atoms with Crippen LogP contribution < -0.4 is 4.74 Å². The largest absolute Gasteiger partial charge is 0.507 e. The molecule has 1 aliphatic heterocycles. The highest BCUT2D eigenvalue weighted by Gasteiger charge is 2.45. The first-order chi connectivity index (χ1) is 19.8. The van der Waals surface area contributed by atoms with Gasteiger partial charge in [-0.15, -0.1) is 0 Å². The number of benzene rings is 1. The molecule has 0 unspecified atom stereocenters. The molecule has 3 rings (SSSR count). The lowest BCUT2D eigenvalue weighted by molar-refractivity contribution is 0.0107. The van der Waals surface area contributed by atoms with E-state index in [2.05, 4.69) is 0 Å². The van der Waals surface area contributed by atoms with E-state index in [1.165, 1.54) is 0 Å². The molecule has 2 atom stereocenters. The average molecular weight is 338 g/mol. The highest BCUT2D eigenvalue weighted by atomic mass is 16.5. The van der Waals surface area contributed by atoms with Gasteiger partial charge in [-0.2, -0.15) is 0 Å². The van der Waals surface area contributed by atoms with Gasteiger partial charge in [-0.1, -0.05) is 31.2 Å². The van der Waals surface area contributed by atoms with Crippen molar-refractivity contribution in [1.29, 1.82) is 0 Å². The quantitative estimate of drug-likeness (QED) is 0.710. The molecule has 2 aliphatic rings. The molecule has 0 fully saturated rings. The Morgan fingerprint density at radius 3 is 3.13 bits per heavy atom. The zero-order chi connectivity index (χ0) is 36.7. The zero-order valence-electron chi connectivity index (χ0n) is 35.1. The molecule has 1 heterocycles. The molecular formula is C21H30O2. The van der Waals surface area contributed by atoms with Crippen LogP contribution in [0, 0.1) is 5.89 Å². The molecule has 2 nitrogen and oxygen atoms in total. The van der Waals surface area contributed by atoms with Crippen molar-refractivity contribution in [3.63, 3.8) is 0 Å². The van der Waals surface area contributed by atoms with E-state index in [9.17, 15) is 7.85 Å². The lowest BCUT2D eigenvalue weighted by atomic mass is 9.68. The Balaban J connectivity index is 2.56. The van der Waals surface area contributed by atoms with Gasteiger partial charge < -0.3 is 9.84 Å². The number of aryl methyl sites for hydroxylation is 1. The maximum Gasteiger partial charge on any atom is 0.127 e. The van der Waals surface area contributed by atoms with Gasteiger partial charge in [0, 0.05) is 48.9 Å². The number of aromatic hydroxyl groups is 1. The summed E-state index contributed by atoms with van der Waals surface area (Å²) in [5.74, 6) is -9.87. The number of fused-ring (bicyclic) bond motifs is 3. The van der Waals surface area contributed by atoms with Crippen LogP contribution >= 0.6 is 0 Å². The predicted octanol–water partition coefficient (Wildman–Crippen LogP) is 5.74. The molecule has 23 heavy (non-hydrogen) atoms. The summed E-state index contributed by atoms with van der Waals surface area (Å²) >= 11 is 0. The molecule has 1 aliphatic carbocycles. The van der Waals surface area contributed by atoms with Gasteiger partial charge in [0.1, 0.15) is 17.1 Å². The molecule has 0 radical (unpaired) electrons. The zero-order valence-corrected chi connectivity index (χ0v) is 12.1. The van der Waals surface area contributed by atoms with E-state index in [1.807, 2.05) is 0 Å². The molecular weight excluding hydrogens is 284 g/mol. The minimum Gasteiger partial charge on any atom is -0.507 e. The highest BCUT2D eigenvalue weighted by molar-refractivity contribution is 5.53. The van der Waals surface area contributed by atoms with E-state index in [-0.39, 0.29) is 0 Å². The Morgan fingerprint density at radius 2 is 2.35 bits per heavy atom. The minimum absolute atomic E-state index is 0.345. The molecule has 0 saturated heterocycles. The van der Waals surface area contributed by atoms with Gasteiger partial charge in [-0.3, -0.25) is 0 Å². The van der Waals surface area contributed by atoms with Crippen molar-refractivity contribution in [1.82, 2.24) is 0 Å². The van der Waals surface area contributed by atoms with Crippen LogP contribution in [-0.2, 0) is 6.37 Å². The molecule has 0 aromatic heterocycles. The molecule has 126 valence electrons. The van der Waals surface area contributed by atoms with Crippen molar-refractivity contribution in [2.75, 3.05) is 0 Å². The van der Waals surface area contributed by atoms with Crippen LogP contribution in [0.15, 0.2) is 23.8 Å². The molecule has 2 heteroatoms. The number of allylic oxidation sites excluding steroid dienone is 2. The summed E-state index contributed by atoms with van der Waals surface area (Å²) < 4.78 is 195. The fraction of sp³-hybridized carbons (Fsp3) is 0.619. The summed E-state index contributed by atoms with van der Waals surface area (Å²) in [7, 11) is 0. The third kappa shape index (κ3) is 3.13. The fourth-order valence-corrected chi connectivity index (χ4v) is 2.40. The fourth-order valence-electron chi connectivity index (χ4n) is 2.40. The monoisotopic (exact) mass is 337 g/mol. The third-order valence-electron chi connectivity index (χ3n) is 3.31. The van der Waals surface area contributed by atoms with E-state index in [0.717, 1.165) is 6.92 Å². The van der Waals surface area contributed by atoms with E-state index in [1.54, 1.807) is 0 Å². The topological polar surface area (TPSA) is 29.5 Å². The lowest BCUT2D eigenvalue weighted by Gasteiger charge is -2.46. The van der Waals surface area contributed by atoms with Crippen molar-refractivity contribution in [2.45, 2.75) is 77.2 Å². The van der Waals surface area contributed by atoms with Crippen LogP contribution in [0.5, 0.6) is 11.5 Å². The first-order valence-electron chi connectivity index (χ1n) is 18.1. The smallest absolute Gasteiger partial charge is 0.127 e. The van der Waals surface area contributed by atoms with Crippen LogP contribution in [-0.4, -0.2) is 10.7 Å². The van der Waals surface area contributed by atoms with Gasteiger partial charge in [-0.05, 0) is 63.8 Å². The van der Waals surface area contributed by atoms with E-state index in [0.29, 0.717) is 18.2 Å². The molecule has 0 bridgehead atoms. The maximum atomic E-state index is 11.2. The Hall–Kier alpha value is -1.44. The second-order valence-electron chi connectivity index (χ2n) is 5.02. The average Bonchev–Trinajstić information content (AvgIpc) is 2.82. The number of hydrogen-bond donors (Lipinski definition) is 1. The van der Waals surface area contributed by atoms with Crippen molar-refractivity contribution < 1.29 is 41.4 Å². The standard InChI is InChI=1S/C21H30O2/c1-5-6-7-8-15-12-18(22)20-16-11-14(2)9-10-17(16)21(3,4)23-19(20)13-15/h11-13,16-17,22H,5-10H2,1-4H3/t16-,17-/m1/s1/i1D3,3D3,4D3,5D2,6D2,7D2,8D2,9D2,10D2,16D,17D. The number of rotatable bonds is 4. The molecule has 0 amide bonds. The van der Waals surface area contributed by atoms with Crippen LogP contribution in [0.1, 0.15) is 108 Å². The number of phenolic OH excluding ortho intramolecular Hbond substituents is 1. The summed E-state index contributed by atoms with van der Waals surface area (Å²) in [6.45, 7) is -11.1. The lowest BCUT2D eigenvalue weighted by Crippen LogP contribution is -2.45. The molecule has 1 aromatic carbocycles. The third-order valence-corrected chi connectivity index (χ3v) is 3.31. The summed E-state index contributed by atoms with van der Waals surface area (Å²) in [4.78, 5) is 0. The Kier molecular flexibility index (Phi) is 1.14. The van der Waals surface area contributed by atoms with E-state index >= 15 is 0 Å². The van der Waals surface area contributed by atoms with Crippen molar-refractivity contribution in [3.05, 3.63) is 34.9 Å². The molecule has 1 aromatic rings. The Bertz CT molecular complexity index is 1430. The number of phenols is 1. The Morgan fingerprint density at radius 1 is 1.48 bits per heavy atom. The predicted molar refractivity (Wildman–Crippen MR) is 95.3 cm³/mol. The molecule has 0 saturated carbocycles. The van der Waals surface area contributed by atoms with E-state index in [4.69, 9.17) is 33.5 Å². The van der Waals surface area contributed by atoms with Crippen molar-refractivity contribution in [2.24, 2.45) is 5.89 Å². The van der Waals surface area contributed by atoms with Crippen molar-refractivity contribution >= 4 is 0 Å². The van der Waals surface area contributed by atoms with Crippen LogP contribution in [0.4, 0.5) is 0 Å². The summed E-state index contributed by atoms with van der Waals surface area (Å²) in [5, 5.41) is 11.2. The van der Waals surface area contributed by atoms with E-state index < -0.39 is 104 Å². The van der Waals surface area contributed by atoms with Gasteiger partial charge in [0.25, 0.3) is 0 Å². The van der Waals surface area contributed by atoms with Crippen LogP contribution in [0.25, 0.3) is 0 Å². The minimum atomic E-state index is -4.17. The number of hydrogen-bond acceptors (Lipinski definition) is 2. The molecule has 0 spiro atoms. The van der Waals surface area contributed by atoms with Crippen LogP contribution in [0.2, 0.25) is 0 Å². The first kappa shape index (κ1) is 4.20. The van der Waals surface area contributed by atoms with Gasteiger partial charge in [-0.25, -0.2) is 0 Å². The second-order valence-corrected chi connectivity index (χ2v) is 5.02. The summed E-state index contributed by atoms with van der Waals surface area (Å²) in [6.07, 6.45) is -22.8. The SMILES string of the molecule is [2H]C([2H])([2H])C([2H])([2H])C([2H])([2H])C([2H])([2H])C([2H])([2H])c1cc(O)c2c(c1)OC(C([2H])([2H])[2H])(C([2H])([2H])[2H])[C@]1([2H])C([2H])([2H])C([2H])([2H])C(C)=C[C@@]21[2H]. The summed E-state index contributed by atoms with van der Waals surface area (Å²) in [5.41, 5.74) is -6.99. The molecule has 1 N–H and O–H groups in total. The maximum absolute atomic E-state index is 11.2. The summed E-state index contributed by atoms with van der Waals surface area (Å²) in [6, 6.07) is 0.704. The van der Waals surface area contributed by atoms with Crippen LogP contribution in [0.3, 0.4) is 0 Å². The highest BCUT2D eigenvalue weighted by Crippen LogP contribution is 2.53. The number of ether oxygens (including phenoxy) is 1. The van der Waals surface area contributed by atoms with Gasteiger partial charge >= 0.3 is 0 Å². The first-order valence-corrected chi connectivity index (χ1v) is 6.61. The second kappa shape index (κ2) is 6.22.